The molecule has 0 radical (unpaired) electrons. The first kappa shape index (κ1) is 21.3. The van der Waals surface area contributed by atoms with E-state index in [-0.39, 0.29) is 5.97 Å². The molecular weight excluding hydrogens is 362 g/mol. The molecule has 4 nitrogen and oxygen atoms in total. The Morgan fingerprint density at radius 2 is 1.66 bits per heavy atom. The summed E-state index contributed by atoms with van der Waals surface area (Å²) in [5.74, 6) is 0.150. The summed E-state index contributed by atoms with van der Waals surface area (Å²) in [6.07, 6.45) is 3.83. The van der Waals surface area contributed by atoms with Crippen LogP contribution in [-0.4, -0.2) is 50.3 Å². The van der Waals surface area contributed by atoms with E-state index < -0.39 is 0 Å². The maximum Gasteiger partial charge on any atom is 0.334 e. The van der Waals surface area contributed by atoms with Crippen molar-refractivity contribution in [2.75, 3.05) is 39.5 Å². The number of carbonyl (C=O) groups is 1. The van der Waals surface area contributed by atoms with Crippen molar-refractivity contribution in [2.24, 2.45) is 0 Å². The van der Waals surface area contributed by atoms with Crippen LogP contribution >= 0.6 is 0 Å². The van der Waals surface area contributed by atoms with Gasteiger partial charge in [-0.3, -0.25) is 4.90 Å². The van der Waals surface area contributed by atoms with Gasteiger partial charge in [0.1, 0.15) is 0 Å². The first-order valence-electron chi connectivity index (χ1n) is 10.5. The summed E-state index contributed by atoms with van der Waals surface area (Å²) in [6.45, 7) is 6.09. The normalized spacial score (nSPS) is 14.6. The second-order valence-corrected chi connectivity index (χ2v) is 7.29. The maximum atomic E-state index is 11.9. The molecule has 29 heavy (non-hydrogen) atoms. The number of benzene rings is 2. The zero-order valence-electron chi connectivity index (χ0n) is 17.3. The van der Waals surface area contributed by atoms with Gasteiger partial charge in [0.05, 0.1) is 13.2 Å². The van der Waals surface area contributed by atoms with E-state index in [0.717, 1.165) is 31.5 Å². The molecule has 0 amide bonds. The van der Waals surface area contributed by atoms with Crippen LogP contribution < -0.4 is 0 Å². The fourth-order valence-electron chi connectivity index (χ4n) is 3.76. The van der Waals surface area contributed by atoms with Crippen molar-refractivity contribution in [3.8, 4) is 0 Å². The topological polar surface area (TPSA) is 38.8 Å². The second kappa shape index (κ2) is 11.5. The minimum atomic E-state index is -0.188. The molecule has 0 unspecified atom stereocenters. The van der Waals surface area contributed by atoms with E-state index in [1.54, 1.807) is 0 Å². The lowest BCUT2D eigenvalue weighted by Crippen LogP contribution is -2.35. The van der Waals surface area contributed by atoms with Gasteiger partial charge in [-0.1, -0.05) is 66.7 Å². The molecule has 1 aliphatic rings. The number of carbonyl (C=O) groups excluding carboxylic acids is 1. The summed E-state index contributed by atoms with van der Waals surface area (Å²) in [5.41, 5.74) is 3.41. The number of hydrogen-bond acceptors (Lipinski definition) is 4. The first-order valence-corrected chi connectivity index (χ1v) is 10.5. The predicted octanol–water partition coefficient (Wildman–Crippen LogP) is 4.42. The van der Waals surface area contributed by atoms with Gasteiger partial charge in [-0.2, -0.15) is 0 Å². The standard InChI is InChI=1S/C25H31NO3/c1-2-29-25(27)23-14-9-16-26(20-23)17-19-28-18-15-24(21-10-5-3-6-11-21)22-12-7-4-8-13-22/h3-8,10-14,24H,2,9,15-20H2,1H3. The predicted molar refractivity (Wildman–Crippen MR) is 116 cm³/mol. The van der Waals surface area contributed by atoms with Crippen molar-refractivity contribution in [2.45, 2.75) is 25.7 Å². The summed E-state index contributed by atoms with van der Waals surface area (Å²) >= 11 is 0. The lowest BCUT2D eigenvalue weighted by molar-refractivity contribution is -0.139. The highest BCUT2D eigenvalue weighted by Crippen LogP contribution is 2.27. The van der Waals surface area contributed by atoms with Gasteiger partial charge in [-0.05, 0) is 30.9 Å². The number of hydrogen-bond donors (Lipinski definition) is 0. The van der Waals surface area contributed by atoms with Crippen molar-refractivity contribution in [3.05, 3.63) is 83.4 Å². The van der Waals surface area contributed by atoms with Crippen LogP contribution in [0.1, 0.15) is 36.8 Å². The summed E-state index contributed by atoms with van der Waals surface area (Å²) in [5, 5.41) is 0. The molecule has 0 fully saturated rings. The molecule has 1 aliphatic heterocycles. The van der Waals surface area contributed by atoms with Crippen LogP contribution in [0.25, 0.3) is 0 Å². The van der Waals surface area contributed by atoms with Crippen LogP contribution in [0.15, 0.2) is 72.3 Å². The van der Waals surface area contributed by atoms with E-state index in [1.807, 2.05) is 13.0 Å². The zero-order valence-corrected chi connectivity index (χ0v) is 17.3. The van der Waals surface area contributed by atoms with E-state index in [4.69, 9.17) is 9.47 Å². The first-order chi connectivity index (χ1) is 14.3. The number of nitrogens with zero attached hydrogens (tertiary/aromatic N) is 1. The Hall–Kier alpha value is -2.43. The molecule has 0 bridgehead atoms. The van der Waals surface area contributed by atoms with Gasteiger partial charge in [0.2, 0.25) is 0 Å². The van der Waals surface area contributed by atoms with Crippen LogP contribution in [0.2, 0.25) is 0 Å². The minimum Gasteiger partial charge on any atom is -0.463 e. The lowest BCUT2D eigenvalue weighted by Gasteiger charge is -2.26. The summed E-state index contributed by atoms with van der Waals surface area (Å²) < 4.78 is 11.1. The summed E-state index contributed by atoms with van der Waals surface area (Å²) in [4.78, 5) is 14.2. The molecule has 2 aromatic rings. The average Bonchev–Trinajstić information content (AvgIpc) is 2.78. The molecular formula is C25H31NO3. The van der Waals surface area contributed by atoms with E-state index in [2.05, 4.69) is 65.6 Å². The Morgan fingerprint density at radius 3 is 2.28 bits per heavy atom. The summed E-state index contributed by atoms with van der Waals surface area (Å²) in [7, 11) is 0. The lowest BCUT2D eigenvalue weighted by atomic mass is 9.89. The van der Waals surface area contributed by atoms with E-state index in [0.29, 0.717) is 32.3 Å². The molecule has 0 atom stereocenters. The zero-order chi connectivity index (χ0) is 20.3. The van der Waals surface area contributed by atoms with Crippen LogP contribution in [0.4, 0.5) is 0 Å². The molecule has 0 saturated heterocycles. The fraction of sp³-hybridized carbons (Fsp3) is 0.400. The third-order valence-electron chi connectivity index (χ3n) is 5.27. The van der Waals surface area contributed by atoms with Crippen LogP contribution in [-0.2, 0) is 14.3 Å². The van der Waals surface area contributed by atoms with E-state index in [1.165, 1.54) is 11.1 Å². The van der Waals surface area contributed by atoms with Gasteiger partial charge in [0.15, 0.2) is 0 Å². The molecule has 0 spiro atoms. The SMILES string of the molecule is CCOC(=O)C1=CCCN(CCOCCC(c2ccccc2)c2ccccc2)C1. The Bertz CT molecular complexity index is 734. The Kier molecular flexibility index (Phi) is 8.47. The van der Waals surface area contributed by atoms with Gasteiger partial charge in [-0.15, -0.1) is 0 Å². The summed E-state index contributed by atoms with van der Waals surface area (Å²) in [6, 6.07) is 21.2. The van der Waals surface area contributed by atoms with Crippen molar-refractivity contribution in [1.82, 2.24) is 4.90 Å². The van der Waals surface area contributed by atoms with Crippen molar-refractivity contribution >= 4 is 5.97 Å². The highest BCUT2D eigenvalue weighted by Gasteiger charge is 2.19. The molecule has 0 saturated carbocycles. The molecule has 0 N–H and O–H groups in total. The van der Waals surface area contributed by atoms with Crippen LogP contribution in [0.3, 0.4) is 0 Å². The molecule has 0 aromatic heterocycles. The van der Waals surface area contributed by atoms with Crippen molar-refractivity contribution in [3.63, 3.8) is 0 Å². The van der Waals surface area contributed by atoms with Gasteiger partial charge >= 0.3 is 5.97 Å². The van der Waals surface area contributed by atoms with Gasteiger partial charge in [-0.25, -0.2) is 4.79 Å². The number of esters is 1. The molecule has 1 heterocycles. The highest BCUT2D eigenvalue weighted by molar-refractivity contribution is 5.89. The van der Waals surface area contributed by atoms with E-state index >= 15 is 0 Å². The van der Waals surface area contributed by atoms with Gasteiger partial charge in [0.25, 0.3) is 0 Å². The number of rotatable bonds is 10. The Morgan fingerprint density at radius 1 is 1.00 bits per heavy atom. The van der Waals surface area contributed by atoms with Gasteiger partial charge in [0, 0.05) is 37.7 Å². The largest absolute Gasteiger partial charge is 0.463 e. The third-order valence-corrected chi connectivity index (χ3v) is 5.27. The molecule has 4 heteroatoms. The van der Waals surface area contributed by atoms with Crippen molar-refractivity contribution in [1.29, 1.82) is 0 Å². The Balaban J connectivity index is 1.45. The van der Waals surface area contributed by atoms with Gasteiger partial charge < -0.3 is 9.47 Å². The van der Waals surface area contributed by atoms with Crippen LogP contribution in [0.5, 0.6) is 0 Å². The molecule has 154 valence electrons. The molecule has 3 rings (SSSR count). The third kappa shape index (κ3) is 6.55. The number of ether oxygens (including phenoxy) is 2. The van der Waals surface area contributed by atoms with Crippen molar-refractivity contribution < 1.29 is 14.3 Å². The smallest absolute Gasteiger partial charge is 0.334 e. The molecule has 2 aromatic carbocycles. The van der Waals surface area contributed by atoms with E-state index in [9.17, 15) is 4.79 Å². The second-order valence-electron chi connectivity index (χ2n) is 7.29. The molecule has 0 aliphatic carbocycles. The monoisotopic (exact) mass is 393 g/mol. The average molecular weight is 394 g/mol. The minimum absolute atomic E-state index is 0.188. The van der Waals surface area contributed by atoms with Crippen LogP contribution in [0, 0.1) is 0 Å². The Labute approximate surface area is 174 Å². The fourth-order valence-corrected chi connectivity index (χ4v) is 3.76. The highest BCUT2D eigenvalue weighted by atomic mass is 16.5. The quantitative estimate of drug-likeness (QED) is 0.442. The maximum absolute atomic E-state index is 11.9.